The number of hydrogen-bond acceptors (Lipinski definition) is 0. The second-order valence-electron chi connectivity index (χ2n) is 8.18. The van der Waals surface area contributed by atoms with E-state index in [9.17, 15) is 0 Å². The Hall–Kier alpha value is -2.34. The summed E-state index contributed by atoms with van der Waals surface area (Å²) in [6.45, 7) is 14.9. The molecule has 162 valence electrons. The van der Waals surface area contributed by atoms with E-state index in [1.165, 1.54) is 52.7 Å². The maximum atomic E-state index is 2.30. The van der Waals surface area contributed by atoms with Crippen LogP contribution in [0, 0.1) is 12.8 Å². The molecule has 1 unspecified atom stereocenters. The Balaban J connectivity index is 0.000000229. The monoisotopic (exact) mass is 402 g/mol. The van der Waals surface area contributed by atoms with Gasteiger partial charge >= 0.3 is 0 Å². The molecule has 1 aromatic carbocycles. The number of allylic oxidation sites excluding steroid dienone is 11. The Morgan fingerprint density at radius 2 is 1.87 bits per heavy atom. The van der Waals surface area contributed by atoms with Crippen LogP contribution in [-0.4, -0.2) is 0 Å². The molecule has 0 saturated heterocycles. The molecule has 0 saturated carbocycles. The van der Waals surface area contributed by atoms with E-state index in [4.69, 9.17) is 0 Å². The zero-order valence-electron chi connectivity index (χ0n) is 20.3. The first-order valence-electron chi connectivity index (χ1n) is 11.4. The highest BCUT2D eigenvalue weighted by atomic mass is 14.1. The van der Waals surface area contributed by atoms with Crippen molar-refractivity contribution in [3.63, 3.8) is 0 Å². The van der Waals surface area contributed by atoms with Crippen molar-refractivity contribution >= 4 is 6.08 Å². The van der Waals surface area contributed by atoms with E-state index in [0.717, 1.165) is 6.42 Å². The molecule has 1 aromatic rings. The lowest BCUT2D eigenvalue weighted by Crippen LogP contribution is -1.99. The van der Waals surface area contributed by atoms with Crippen molar-refractivity contribution in [2.75, 3.05) is 0 Å². The van der Waals surface area contributed by atoms with Crippen LogP contribution in [0.5, 0.6) is 0 Å². The molecule has 0 radical (unpaired) electrons. The fourth-order valence-corrected chi connectivity index (χ4v) is 3.48. The Bertz CT molecular complexity index is 822. The number of aryl methyl sites for hydroxylation is 2. The van der Waals surface area contributed by atoms with E-state index in [-0.39, 0.29) is 0 Å². The van der Waals surface area contributed by atoms with Gasteiger partial charge in [0.15, 0.2) is 0 Å². The molecule has 30 heavy (non-hydrogen) atoms. The molecule has 2 aliphatic carbocycles. The molecule has 0 aromatic heterocycles. The molecule has 0 fully saturated rings. The molecule has 0 amide bonds. The van der Waals surface area contributed by atoms with Gasteiger partial charge in [-0.25, -0.2) is 0 Å². The molecule has 1 atom stereocenters. The average Bonchev–Trinajstić information content (AvgIpc) is 2.75. The third-order valence-corrected chi connectivity index (χ3v) is 5.46. The summed E-state index contributed by atoms with van der Waals surface area (Å²) in [6.07, 6.45) is 24.6. The van der Waals surface area contributed by atoms with E-state index < -0.39 is 0 Å². The van der Waals surface area contributed by atoms with Crippen LogP contribution in [0.4, 0.5) is 0 Å². The average molecular weight is 403 g/mol. The van der Waals surface area contributed by atoms with Crippen LogP contribution in [-0.2, 0) is 6.42 Å². The summed E-state index contributed by atoms with van der Waals surface area (Å²) in [6, 6.07) is 6.69. The smallest absolute Gasteiger partial charge is 0.00118 e. The lowest BCUT2D eigenvalue weighted by atomic mass is 9.91. The minimum absolute atomic E-state index is 0.656. The highest BCUT2D eigenvalue weighted by Gasteiger charge is 2.07. The first-order valence-corrected chi connectivity index (χ1v) is 11.4. The van der Waals surface area contributed by atoms with Gasteiger partial charge in [-0.3, -0.25) is 0 Å². The molecule has 3 rings (SSSR count). The van der Waals surface area contributed by atoms with Crippen LogP contribution in [0.3, 0.4) is 0 Å². The highest BCUT2D eigenvalue weighted by Crippen LogP contribution is 2.22. The van der Waals surface area contributed by atoms with E-state index in [1.54, 1.807) is 0 Å². The van der Waals surface area contributed by atoms with Crippen molar-refractivity contribution in [2.24, 2.45) is 5.92 Å². The Kier molecular flexibility index (Phi) is 12.5. The molecule has 0 heterocycles. The standard InChI is InChI=1S/C11H12.C11H16.C8H14/c1-9-6-7-10-4-2-3-5-11(10)8-9;1-4-10(3)11-7-5-9(2)6-8-11;1-4-6-8(3)7-5-2/h3,5-8H,2,4H2,1H3;4-7,11H,8H2,1-3H3;4,6-7H,5H2,1-3H3/b;10-4+;6-4-,8-7-. The fraction of sp³-hybridized carbons (Fsp3) is 0.400. The molecule has 0 heteroatoms. The SMILES string of the molecule is C/C=C(\C)C1C=CC(C)=CC1.C/C=C\C(C)=C/CC.Cc1ccc2c(c1)C=CCC2. The molecule has 0 spiro atoms. The quantitative estimate of drug-likeness (QED) is 0.349. The lowest BCUT2D eigenvalue weighted by molar-refractivity contribution is 0.758. The number of benzene rings is 1. The summed E-state index contributed by atoms with van der Waals surface area (Å²) < 4.78 is 0. The second-order valence-corrected chi connectivity index (χ2v) is 8.18. The molecule has 0 N–H and O–H groups in total. The van der Waals surface area contributed by atoms with Gasteiger partial charge in [0.1, 0.15) is 0 Å². The molecular formula is C30H42. The Morgan fingerprint density at radius 1 is 1.10 bits per heavy atom. The van der Waals surface area contributed by atoms with E-state index >= 15 is 0 Å². The second kappa shape index (κ2) is 14.6. The summed E-state index contributed by atoms with van der Waals surface area (Å²) in [7, 11) is 0. The van der Waals surface area contributed by atoms with Crippen molar-refractivity contribution in [2.45, 2.75) is 74.1 Å². The van der Waals surface area contributed by atoms with Gasteiger partial charge in [-0.2, -0.15) is 0 Å². The molecular weight excluding hydrogens is 360 g/mol. The predicted octanol–water partition coefficient (Wildman–Crippen LogP) is 9.35. The van der Waals surface area contributed by atoms with Gasteiger partial charge in [0.05, 0.1) is 0 Å². The summed E-state index contributed by atoms with van der Waals surface area (Å²) in [4.78, 5) is 0. The van der Waals surface area contributed by atoms with Crippen LogP contribution in [0.15, 0.2) is 83.5 Å². The Labute approximate surface area is 186 Å². The maximum absolute atomic E-state index is 2.30. The van der Waals surface area contributed by atoms with Gasteiger partial charge in [-0.05, 0) is 78.4 Å². The largest absolute Gasteiger partial charge is 0.0881 e. The van der Waals surface area contributed by atoms with Crippen molar-refractivity contribution in [3.05, 3.63) is 100 Å². The minimum atomic E-state index is 0.656. The van der Waals surface area contributed by atoms with Gasteiger partial charge in [0.25, 0.3) is 0 Å². The van der Waals surface area contributed by atoms with E-state index in [0.29, 0.717) is 5.92 Å². The third kappa shape index (κ3) is 9.92. The predicted molar refractivity (Wildman–Crippen MR) is 138 cm³/mol. The summed E-state index contributed by atoms with van der Waals surface area (Å²) in [5.41, 5.74) is 8.50. The van der Waals surface area contributed by atoms with Crippen molar-refractivity contribution in [1.82, 2.24) is 0 Å². The summed E-state index contributed by atoms with van der Waals surface area (Å²) in [5.74, 6) is 0.656. The normalized spacial score (nSPS) is 18.1. The van der Waals surface area contributed by atoms with Crippen LogP contribution in [0.25, 0.3) is 6.08 Å². The number of fused-ring (bicyclic) bond motifs is 1. The van der Waals surface area contributed by atoms with Gasteiger partial charge in [0, 0.05) is 5.92 Å². The van der Waals surface area contributed by atoms with Crippen molar-refractivity contribution < 1.29 is 0 Å². The highest BCUT2D eigenvalue weighted by molar-refractivity contribution is 5.57. The maximum Gasteiger partial charge on any atom is 0.00118 e. The molecule has 0 nitrogen and oxygen atoms in total. The van der Waals surface area contributed by atoms with Crippen LogP contribution >= 0.6 is 0 Å². The first kappa shape index (κ1) is 25.7. The summed E-state index contributed by atoms with van der Waals surface area (Å²) >= 11 is 0. The molecule has 2 aliphatic rings. The fourth-order valence-electron chi connectivity index (χ4n) is 3.48. The zero-order valence-corrected chi connectivity index (χ0v) is 20.3. The van der Waals surface area contributed by atoms with Crippen LogP contribution in [0.1, 0.15) is 77.5 Å². The minimum Gasteiger partial charge on any atom is -0.0881 e. The zero-order chi connectivity index (χ0) is 22.4. The van der Waals surface area contributed by atoms with Gasteiger partial charge < -0.3 is 0 Å². The van der Waals surface area contributed by atoms with E-state index in [1.807, 2.05) is 6.92 Å². The number of rotatable bonds is 3. The van der Waals surface area contributed by atoms with Gasteiger partial charge in [-0.1, -0.05) is 102 Å². The van der Waals surface area contributed by atoms with Crippen molar-refractivity contribution in [1.29, 1.82) is 0 Å². The molecule has 0 aliphatic heterocycles. The first-order chi connectivity index (χ1) is 14.4. The lowest BCUT2D eigenvalue weighted by Gasteiger charge is -2.14. The topological polar surface area (TPSA) is 0 Å². The van der Waals surface area contributed by atoms with Gasteiger partial charge in [-0.15, -0.1) is 0 Å². The van der Waals surface area contributed by atoms with Crippen molar-refractivity contribution in [3.8, 4) is 0 Å². The van der Waals surface area contributed by atoms with Crippen LogP contribution < -0.4 is 0 Å². The Morgan fingerprint density at radius 3 is 2.47 bits per heavy atom. The molecule has 0 bridgehead atoms. The van der Waals surface area contributed by atoms with E-state index in [2.05, 4.69) is 114 Å². The third-order valence-electron chi connectivity index (χ3n) is 5.46. The van der Waals surface area contributed by atoms with Gasteiger partial charge in [0.2, 0.25) is 0 Å². The summed E-state index contributed by atoms with van der Waals surface area (Å²) in [5, 5.41) is 0. The van der Waals surface area contributed by atoms with Crippen LogP contribution in [0.2, 0.25) is 0 Å². The number of hydrogen-bond donors (Lipinski definition) is 0.